The van der Waals surface area contributed by atoms with E-state index >= 15 is 0 Å². The van der Waals surface area contributed by atoms with Gasteiger partial charge in [0.15, 0.2) is 0 Å². The van der Waals surface area contributed by atoms with Crippen molar-refractivity contribution in [3.63, 3.8) is 0 Å². The van der Waals surface area contributed by atoms with E-state index in [4.69, 9.17) is 4.74 Å². The van der Waals surface area contributed by atoms with Crippen molar-refractivity contribution in [3.8, 4) is 0 Å². The van der Waals surface area contributed by atoms with Crippen molar-refractivity contribution in [2.24, 2.45) is 5.92 Å². The minimum absolute atomic E-state index is 0.755. The molecule has 1 N–H and O–H groups in total. The van der Waals surface area contributed by atoms with Crippen LogP contribution in [0.15, 0.2) is 0 Å². The molecular formula is C11H24N2O. The highest BCUT2D eigenvalue weighted by atomic mass is 16.5. The number of methoxy groups -OCH3 is 1. The third kappa shape index (κ3) is 4.94. The number of hydrogen-bond acceptors (Lipinski definition) is 3. The Labute approximate surface area is 87.8 Å². The summed E-state index contributed by atoms with van der Waals surface area (Å²) in [4.78, 5) is 2.57. The molecule has 0 spiro atoms. The van der Waals surface area contributed by atoms with E-state index in [-0.39, 0.29) is 0 Å². The van der Waals surface area contributed by atoms with Gasteiger partial charge in [0, 0.05) is 20.2 Å². The summed E-state index contributed by atoms with van der Waals surface area (Å²) in [6.45, 7) is 9.08. The van der Waals surface area contributed by atoms with Crippen molar-refractivity contribution in [2.45, 2.75) is 19.8 Å². The number of nitrogens with one attached hydrogen (secondary N) is 1. The van der Waals surface area contributed by atoms with Crippen molar-refractivity contribution < 1.29 is 4.74 Å². The third-order valence-corrected chi connectivity index (χ3v) is 2.74. The van der Waals surface area contributed by atoms with Crippen LogP contribution in [-0.2, 0) is 4.74 Å². The Balaban J connectivity index is 1.95. The van der Waals surface area contributed by atoms with E-state index in [0.29, 0.717) is 0 Å². The van der Waals surface area contributed by atoms with E-state index < -0.39 is 0 Å². The van der Waals surface area contributed by atoms with Gasteiger partial charge in [-0.25, -0.2) is 0 Å². The summed E-state index contributed by atoms with van der Waals surface area (Å²) >= 11 is 0. The van der Waals surface area contributed by atoms with Gasteiger partial charge in [-0.05, 0) is 38.4 Å². The highest BCUT2D eigenvalue weighted by Crippen LogP contribution is 2.09. The number of hydrogen-bond donors (Lipinski definition) is 1. The maximum Gasteiger partial charge on any atom is 0.0587 e. The van der Waals surface area contributed by atoms with Crippen LogP contribution in [0, 0.1) is 5.92 Å². The van der Waals surface area contributed by atoms with Crippen LogP contribution in [0.2, 0.25) is 0 Å². The van der Waals surface area contributed by atoms with Crippen molar-refractivity contribution in [3.05, 3.63) is 0 Å². The molecule has 1 aliphatic rings. The number of rotatable bonds is 7. The van der Waals surface area contributed by atoms with Gasteiger partial charge in [-0.1, -0.05) is 6.92 Å². The summed E-state index contributed by atoms with van der Waals surface area (Å²) in [7, 11) is 1.75. The molecule has 0 amide bonds. The van der Waals surface area contributed by atoms with Crippen molar-refractivity contribution in [1.29, 1.82) is 0 Å². The lowest BCUT2D eigenvalue weighted by atomic mass is 10.1. The zero-order valence-electron chi connectivity index (χ0n) is 9.59. The summed E-state index contributed by atoms with van der Waals surface area (Å²) < 4.78 is 4.98. The second kappa shape index (κ2) is 7.21. The van der Waals surface area contributed by atoms with E-state index in [2.05, 4.69) is 17.1 Å². The van der Waals surface area contributed by atoms with Gasteiger partial charge < -0.3 is 15.0 Å². The molecule has 1 rings (SSSR count). The first kappa shape index (κ1) is 12.0. The molecule has 0 bridgehead atoms. The monoisotopic (exact) mass is 200 g/mol. The van der Waals surface area contributed by atoms with Gasteiger partial charge in [0.2, 0.25) is 0 Å². The largest absolute Gasteiger partial charge is 0.383 e. The smallest absolute Gasteiger partial charge is 0.0587 e. The lowest BCUT2D eigenvalue weighted by molar-refractivity contribution is 0.196. The number of ether oxygens (including phenoxy) is 1. The van der Waals surface area contributed by atoms with Gasteiger partial charge in [0.25, 0.3) is 0 Å². The number of likely N-dealkylation sites (tertiary alicyclic amines) is 1. The molecule has 1 heterocycles. The van der Waals surface area contributed by atoms with Gasteiger partial charge in [-0.2, -0.15) is 0 Å². The van der Waals surface area contributed by atoms with Crippen LogP contribution in [0.5, 0.6) is 0 Å². The topological polar surface area (TPSA) is 24.5 Å². The molecule has 3 nitrogen and oxygen atoms in total. The molecular weight excluding hydrogens is 176 g/mol. The predicted molar refractivity (Wildman–Crippen MR) is 59.6 cm³/mol. The molecule has 84 valence electrons. The van der Waals surface area contributed by atoms with Crippen LogP contribution < -0.4 is 5.32 Å². The zero-order chi connectivity index (χ0) is 10.2. The fraction of sp³-hybridized carbons (Fsp3) is 1.00. The van der Waals surface area contributed by atoms with E-state index in [1.807, 2.05) is 0 Å². The molecule has 0 aromatic carbocycles. The molecule has 14 heavy (non-hydrogen) atoms. The Hall–Kier alpha value is -0.120. The van der Waals surface area contributed by atoms with Gasteiger partial charge in [0.1, 0.15) is 0 Å². The standard InChI is InChI=1S/C11H24N2O/c1-11(9-12-5-8-14-2)10-13-6-3-4-7-13/h11-12H,3-10H2,1-2H3. The third-order valence-electron chi connectivity index (χ3n) is 2.74. The first-order valence-electron chi connectivity index (χ1n) is 5.75. The predicted octanol–water partition coefficient (Wildman–Crippen LogP) is 0.954. The van der Waals surface area contributed by atoms with Crippen LogP contribution in [0.25, 0.3) is 0 Å². The molecule has 1 unspecified atom stereocenters. The molecule has 3 heteroatoms. The zero-order valence-corrected chi connectivity index (χ0v) is 9.59. The molecule has 0 aromatic rings. The normalized spacial score (nSPS) is 20.1. The molecule has 1 atom stereocenters. The van der Waals surface area contributed by atoms with E-state index in [1.54, 1.807) is 7.11 Å². The van der Waals surface area contributed by atoms with Crippen LogP contribution in [-0.4, -0.2) is 51.3 Å². The average molecular weight is 200 g/mol. The van der Waals surface area contributed by atoms with Gasteiger partial charge in [0.05, 0.1) is 6.61 Å². The lowest BCUT2D eigenvalue weighted by Gasteiger charge is -2.20. The van der Waals surface area contributed by atoms with Crippen LogP contribution in [0.1, 0.15) is 19.8 Å². The lowest BCUT2D eigenvalue weighted by Crippen LogP contribution is -2.32. The molecule has 0 radical (unpaired) electrons. The van der Waals surface area contributed by atoms with E-state index in [1.165, 1.54) is 32.5 Å². The van der Waals surface area contributed by atoms with Crippen molar-refractivity contribution in [2.75, 3.05) is 46.4 Å². The minimum atomic E-state index is 0.755. The SMILES string of the molecule is COCCNCC(C)CN1CCCC1. The summed E-state index contributed by atoms with van der Waals surface area (Å²) in [5, 5.41) is 3.41. The van der Waals surface area contributed by atoms with E-state index in [0.717, 1.165) is 25.6 Å². The van der Waals surface area contributed by atoms with Crippen LogP contribution in [0.4, 0.5) is 0 Å². The van der Waals surface area contributed by atoms with E-state index in [9.17, 15) is 0 Å². The van der Waals surface area contributed by atoms with Crippen LogP contribution >= 0.6 is 0 Å². The molecule has 0 aliphatic carbocycles. The molecule has 1 fully saturated rings. The summed E-state index contributed by atoms with van der Waals surface area (Å²) in [5.41, 5.74) is 0. The molecule has 0 aromatic heterocycles. The Morgan fingerprint density at radius 1 is 1.36 bits per heavy atom. The second-order valence-electron chi connectivity index (χ2n) is 4.31. The molecule has 1 saturated heterocycles. The highest BCUT2D eigenvalue weighted by molar-refractivity contribution is 4.69. The first-order chi connectivity index (χ1) is 6.83. The number of nitrogens with zero attached hydrogens (tertiary/aromatic N) is 1. The van der Waals surface area contributed by atoms with Crippen molar-refractivity contribution >= 4 is 0 Å². The Morgan fingerprint density at radius 3 is 2.71 bits per heavy atom. The Kier molecular flexibility index (Phi) is 6.15. The fourth-order valence-electron chi connectivity index (χ4n) is 1.99. The maximum atomic E-state index is 4.98. The fourth-order valence-corrected chi connectivity index (χ4v) is 1.99. The van der Waals surface area contributed by atoms with Gasteiger partial charge >= 0.3 is 0 Å². The first-order valence-corrected chi connectivity index (χ1v) is 5.75. The summed E-state index contributed by atoms with van der Waals surface area (Å²) in [6.07, 6.45) is 2.79. The van der Waals surface area contributed by atoms with Crippen LogP contribution in [0.3, 0.4) is 0 Å². The maximum absolute atomic E-state index is 4.98. The van der Waals surface area contributed by atoms with Gasteiger partial charge in [-0.15, -0.1) is 0 Å². The minimum Gasteiger partial charge on any atom is -0.383 e. The molecule has 0 saturated carbocycles. The highest BCUT2D eigenvalue weighted by Gasteiger charge is 2.13. The molecule has 1 aliphatic heterocycles. The van der Waals surface area contributed by atoms with Crippen molar-refractivity contribution in [1.82, 2.24) is 10.2 Å². The summed E-state index contributed by atoms with van der Waals surface area (Å²) in [5.74, 6) is 0.755. The Morgan fingerprint density at radius 2 is 2.07 bits per heavy atom. The summed E-state index contributed by atoms with van der Waals surface area (Å²) in [6, 6.07) is 0. The van der Waals surface area contributed by atoms with Gasteiger partial charge in [-0.3, -0.25) is 0 Å². The average Bonchev–Trinajstić information content (AvgIpc) is 2.65. The Bertz CT molecular complexity index is 135. The second-order valence-corrected chi connectivity index (χ2v) is 4.31. The quantitative estimate of drug-likeness (QED) is 0.619.